The largest absolute Gasteiger partial charge is 0.497 e. The van der Waals surface area contributed by atoms with Crippen molar-refractivity contribution in [2.75, 3.05) is 39.9 Å². The molecule has 6 heteroatoms. The minimum absolute atomic E-state index is 0.0691. The fourth-order valence-electron chi connectivity index (χ4n) is 4.57. The zero-order valence-electron chi connectivity index (χ0n) is 19.0. The lowest BCUT2D eigenvalue weighted by Gasteiger charge is -2.33. The minimum atomic E-state index is 0.0691. The van der Waals surface area contributed by atoms with E-state index in [1.54, 1.807) is 7.11 Å². The van der Waals surface area contributed by atoms with E-state index in [1.165, 1.54) is 0 Å². The second-order valence-electron chi connectivity index (χ2n) is 8.77. The van der Waals surface area contributed by atoms with Crippen molar-refractivity contribution in [3.05, 3.63) is 59.2 Å². The van der Waals surface area contributed by atoms with Crippen molar-refractivity contribution < 1.29 is 19.1 Å². The number of hydrogen-bond acceptors (Lipinski definition) is 4. The summed E-state index contributed by atoms with van der Waals surface area (Å²) in [5.74, 6) is 1.98. The Morgan fingerprint density at radius 2 is 1.59 bits per heavy atom. The molecule has 2 amide bonds. The van der Waals surface area contributed by atoms with E-state index < -0.39 is 0 Å². The van der Waals surface area contributed by atoms with Crippen LogP contribution in [0.3, 0.4) is 0 Å². The van der Waals surface area contributed by atoms with Gasteiger partial charge in [-0.2, -0.15) is 0 Å². The molecule has 0 N–H and O–H groups in total. The molecule has 4 rings (SSSR count). The molecule has 2 aliphatic heterocycles. The molecule has 2 fully saturated rings. The second kappa shape index (κ2) is 10.1. The van der Waals surface area contributed by atoms with Crippen molar-refractivity contribution in [1.82, 2.24) is 9.80 Å². The molecule has 0 saturated carbocycles. The van der Waals surface area contributed by atoms with Crippen LogP contribution in [0.2, 0.25) is 0 Å². The summed E-state index contributed by atoms with van der Waals surface area (Å²) in [5, 5.41) is 0. The maximum absolute atomic E-state index is 13.1. The van der Waals surface area contributed by atoms with Gasteiger partial charge >= 0.3 is 0 Å². The number of amides is 2. The van der Waals surface area contributed by atoms with Crippen LogP contribution < -0.4 is 9.47 Å². The first-order valence-electron chi connectivity index (χ1n) is 11.5. The highest BCUT2D eigenvalue weighted by Gasteiger charge is 2.26. The number of ether oxygens (including phenoxy) is 2. The molecule has 170 valence electrons. The number of benzene rings is 2. The van der Waals surface area contributed by atoms with Gasteiger partial charge in [0.05, 0.1) is 13.7 Å². The highest BCUT2D eigenvalue weighted by Crippen LogP contribution is 2.24. The van der Waals surface area contributed by atoms with Crippen molar-refractivity contribution in [3.8, 4) is 11.5 Å². The molecule has 2 aromatic carbocycles. The highest BCUT2D eigenvalue weighted by molar-refractivity contribution is 5.96. The minimum Gasteiger partial charge on any atom is -0.497 e. The number of piperidine rings is 1. The van der Waals surface area contributed by atoms with Crippen LogP contribution >= 0.6 is 0 Å². The summed E-state index contributed by atoms with van der Waals surface area (Å²) in [4.78, 5) is 29.4. The van der Waals surface area contributed by atoms with Gasteiger partial charge in [0.25, 0.3) is 11.8 Å². The fourth-order valence-corrected chi connectivity index (χ4v) is 4.57. The van der Waals surface area contributed by atoms with Crippen LogP contribution in [0.15, 0.2) is 42.5 Å². The number of nitrogens with zero attached hydrogens (tertiary/aromatic N) is 2. The van der Waals surface area contributed by atoms with E-state index in [9.17, 15) is 9.59 Å². The highest BCUT2D eigenvalue weighted by atomic mass is 16.5. The first-order valence-corrected chi connectivity index (χ1v) is 11.5. The van der Waals surface area contributed by atoms with E-state index in [-0.39, 0.29) is 17.7 Å². The van der Waals surface area contributed by atoms with Crippen LogP contribution in [0.25, 0.3) is 0 Å². The molecular weight excluding hydrogens is 404 g/mol. The van der Waals surface area contributed by atoms with Crippen LogP contribution in [0, 0.1) is 12.8 Å². The van der Waals surface area contributed by atoms with E-state index in [1.807, 2.05) is 59.2 Å². The Balaban J connectivity index is 1.31. The molecule has 0 unspecified atom stereocenters. The first-order chi connectivity index (χ1) is 15.5. The summed E-state index contributed by atoms with van der Waals surface area (Å²) in [6.45, 7) is 5.67. The number of likely N-dealkylation sites (tertiary alicyclic amines) is 2. The van der Waals surface area contributed by atoms with Gasteiger partial charge in [-0.3, -0.25) is 9.59 Å². The third-order valence-corrected chi connectivity index (χ3v) is 6.45. The Hall–Kier alpha value is -3.02. The SMILES string of the molecule is COc1ccc(C(=O)N2CCC[C@@H](COc3ccc(C(=O)N4CCCC4)cc3)C2)c(C)c1. The van der Waals surface area contributed by atoms with Crippen molar-refractivity contribution >= 4 is 11.8 Å². The summed E-state index contributed by atoms with van der Waals surface area (Å²) in [6, 6.07) is 13.0. The molecule has 0 aromatic heterocycles. The number of carbonyl (C=O) groups is 2. The maximum atomic E-state index is 13.1. The van der Waals surface area contributed by atoms with Gasteiger partial charge in [0.2, 0.25) is 0 Å². The lowest BCUT2D eigenvalue weighted by Crippen LogP contribution is -2.41. The van der Waals surface area contributed by atoms with Crippen molar-refractivity contribution in [3.63, 3.8) is 0 Å². The van der Waals surface area contributed by atoms with E-state index >= 15 is 0 Å². The molecule has 2 aromatic rings. The molecule has 2 heterocycles. The third kappa shape index (κ3) is 5.06. The van der Waals surface area contributed by atoms with Gasteiger partial charge in [0.15, 0.2) is 0 Å². The molecule has 32 heavy (non-hydrogen) atoms. The van der Waals surface area contributed by atoms with E-state index in [2.05, 4.69) is 0 Å². The Morgan fingerprint density at radius 1 is 0.906 bits per heavy atom. The standard InChI is InChI=1S/C26H32N2O4/c1-19-16-23(31-2)11-12-24(19)26(30)28-15-5-6-20(17-28)18-32-22-9-7-21(8-10-22)25(29)27-13-3-4-14-27/h7-12,16,20H,3-6,13-15,17-18H2,1-2H3/t20-/m1/s1. The molecule has 2 saturated heterocycles. The fraction of sp³-hybridized carbons (Fsp3) is 0.462. The summed E-state index contributed by atoms with van der Waals surface area (Å²) in [6.07, 6.45) is 4.19. The Bertz CT molecular complexity index is 951. The molecule has 2 aliphatic rings. The summed E-state index contributed by atoms with van der Waals surface area (Å²) in [5.41, 5.74) is 2.37. The van der Waals surface area contributed by atoms with Crippen molar-refractivity contribution in [2.24, 2.45) is 5.92 Å². The predicted octanol–water partition coefficient (Wildman–Crippen LogP) is 4.17. The summed E-state index contributed by atoms with van der Waals surface area (Å²) < 4.78 is 11.3. The lowest BCUT2D eigenvalue weighted by atomic mass is 9.97. The van der Waals surface area contributed by atoms with Gasteiger partial charge in [0.1, 0.15) is 11.5 Å². The number of carbonyl (C=O) groups excluding carboxylic acids is 2. The van der Waals surface area contributed by atoms with E-state index in [4.69, 9.17) is 9.47 Å². The summed E-state index contributed by atoms with van der Waals surface area (Å²) in [7, 11) is 1.63. The number of hydrogen-bond donors (Lipinski definition) is 0. The Morgan fingerprint density at radius 3 is 2.28 bits per heavy atom. The number of aryl methyl sites for hydroxylation is 1. The average Bonchev–Trinajstić information content (AvgIpc) is 3.37. The van der Waals surface area contributed by atoms with E-state index in [0.29, 0.717) is 18.7 Å². The van der Waals surface area contributed by atoms with Crippen LogP contribution in [0.4, 0.5) is 0 Å². The first kappa shape index (κ1) is 22.2. The van der Waals surface area contributed by atoms with Gasteiger partial charge in [-0.05, 0) is 80.6 Å². The van der Waals surface area contributed by atoms with Gasteiger partial charge in [-0.15, -0.1) is 0 Å². The topological polar surface area (TPSA) is 59.1 Å². The molecule has 1 atom stereocenters. The van der Waals surface area contributed by atoms with Gasteiger partial charge in [-0.25, -0.2) is 0 Å². The quantitative estimate of drug-likeness (QED) is 0.682. The van der Waals surface area contributed by atoms with Crippen LogP contribution in [-0.2, 0) is 0 Å². The van der Waals surface area contributed by atoms with Gasteiger partial charge in [-0.1, -0.05) is 0 Å². The molecule has 6 nitrogen and oxygen atoms in total. The summed E-state index contributed by atoms with van der Waals surface area (Å²) >= 11 is 0. The monoisotopic (exact) mass is 436 g/mol. The average molecular weight is 437 g/mol. The zero-order valence-corrected chi connectivity index (χ0v) is 19.0. The number of methoxy groups -OCH3 is 1. The zero-order chi connectivity index (χ0) is 22.5. The molecular formula is C26H32N2O4. The van der Waals surface area contributed by atoms with Gasteiger partial charge < -0.3 is 19.3 Å². The molecule has 0 radical (unpaired) electrons. The maximum Gasteiger partial charge on any atom is 0.254 e. The normalized spacial score (nSPS) is 18.5. The molecule has 0 bridgehead atoms. The van der Waals surface area contributed by atoms with Crippen molar-refractivity contribution in [1.29, 1.82) is 0 Å². The van der Waals surface area contributed by atoms with Crippen LogP contribution in [0.1, 0.15) is 52.0 Å². The Kier molecular flexibility index (Phi) is 6.98. The van der Waals surface area contributed by atoms with E-state index in [0.717, 1.165) is 67.9 Å². The predicted molar refractivity (Wildman–Crippen MR) is 123 cm³/mol. The van der Waals surface area contributed by atoms with Gasteiger partial charge in [0, 0.05) is 43.2 Å². The Labute approximate surface area is 190 Å². The second-order valence-corrected chi connectivity index (χ2v) is 8.77. The molecule has 0 spiro atoms. The van der Waals surface area contributed by atoms with Crippen LogP contribution in [0.5, 0.6) is 11.5 Å². The lowest BCUT2D eigenvalue weighted by molar-refractivity contribution is 0.0632. The van der Waals surface area contributed by atoms with Crippen LogP contribution in [-0.4, -0.2) is 61.5 Å². The third-order valence-electron chi connectivity index (χ3n) is 6.45. The molecule has 0 aliphatic carbocycles. The van der Waals surface area contributed by atoms with Crippen molar-refractivity contribution in [2.45, 2.75) is 32.6 Å². The number of rotatable bonds is 6. The smallest absolute Gasteiger partial charge is 0.254 e.